The maximum atomic E-state index is 13.7. The van der Waals surface area contributed by atoms with Gasteiger partial charge >= 0.3 is 49.7 Å². The monoisotopic (exact) mass is 1500 g/mol. The Labute approximate surface area is 555 Å². The molecule has 96 heavy (non-hydrogen) atoms. The maximum absolute atomic E-state index is 13.7. The number of fused-ring (bicyclic) bond motifs is 10. The van der Waals surface area contributed by atoms with Crippen LogP contribution in [0.2, 0.25) is 0 Å². The van der Waals surface area contributed by atoms with Crippen LogP contribution in [0, 0.1) is 6.92 Å². The summed E-state index contributed by atoms with van der Waals surface area (Å²) in [4.78, 5) is 119. The molecule has 6 aliphatic heterocycles. The number of thiol groups is 1. The second-order valence-corrected chi connectivity index (χ2v) is 33.6. The van der Waals surface area contributed by atoms with Crippen molar-refractivity contribution in [2.45, 2.75) is 105 Å². The lowest BCUT2D eigenvalue weighted by atomic mass is 10.1. The maximum Gasteiger partial charge on any atom is 0.386 e. The van der Waals surface area contributed by atoms with Gasteiger partial charge in [-0.3, -0.25) is 40.9 Å². The van der Waals surface area contributed by atoms with Crippen LogP contribution >= 0.6 is 39.2 Å². The first kappa shape index (κ1) is 69.1. The first-order valence-electron chi connectivity index (χ1n) is 28.1. The fourth-order valence-electron chi connectivity index (χ4n) is 12.1. The van der Waals surface area contributed by atoms with Gasteiger partial charge in [0.2, 0.25) is 0 Å². The topological polar surface area (TPSA) is 558 Å². The van der Waals surface area contributed by atoms with E-state index in [4.69, 9.17) is 108 Å². The molecule has 0 radical (unpaired) electrons. The smallest absolute Gasteiger partial charge is 0.386 e. The number of anilines is 3. The summed E-state index contributed by atoms with van der Waals surface area (Å²) in [6, 6.07) is 0. The minimum absolute atomic E-state index is 0.00826. The van der Waals surface area contributed by atoms with Crippen LogP contribution in [-0.4, -0.2) is 211 Å². The predicted octanol–water partition coefficient (Wildman–Crippen LogP) is -4.04. The number of hydrogen-bond acceptors (Lipinski definition) is 35. The molecule has 14 heterocycles. The van der Waals surface area contributed by atoms with Gasteiger partial charge in [-0.1, -0.05) is 12.2 Å². The molecule has 0 spiro atoms. The number of hydrogen-bond donors (Lipinski definition) is 11. The predicted molar refractivity (Wildman–Crippen MR) is 338 cm³/mol. The Morgan fingerprint density at radius 2 is 0.729 bits per heavy atom. The Morgan fingerprint density at radius 3 is 1.11 bits per heavy atom. The fraction of sp³-hybridized carbons (Fsp3) is 0.556. The zero-order chi connectivity index (χ0) is 68.9. The van der Waals surface area contributed by atoms with Crippen molar-refractivity contribution in [2.24, 2.45) is 28.2 Å². The standard InChI is InChI=1S/C23H29N9O12P2S2.C22H28N10O12P2S2/c1-8-11-18(27-6-25-8)32(22(35)29(11)2)21-16-13(33)9(41-21)4-39-45(37,47)43-15-10(5-40-46(38,48)44-16)42-20(14(15)34)31-19-12(30(3)23(31)36)17(24)26-7-28-19;1-29-9-15(23)25-5-27-17(9)31(21(29)35)19-12(34)13-8(42-19)4-40-46(38,48)44-14-11(33)7(3-39-45(37,47)43-13)41-20(14)32-18-10(30(2)22(32)36)16(24)26-6-28-18/h6-7,9-10,13-16,20-21,33-34H,4-5H2,1-3H3,(H,37,47)(H,38,48)(H2,24,26,28);5-8,11-14,19-20,33-34H,3-4H2,1-2H3,(H,37,47)(H,38,48)(H2,23,25,27)(H2,24,26,28)/t9-,10-,13-,14-,15-,16-,20-,21-,45?,46?;7-,8-,11-,12-,13-,14-,19-,20-,45?,46?/m11/s1. The average molecular weight is 1500 g/mol. The van der Waals surface area contributed by atoms with E-state index in [0.717, 1.165) is 51.0 Å². The fourth-order valence-corrected chi connectivity index (χ4v) is 17.9. The Hall–Kier alpha value is -5.43. The zero-order valence-corrected chi connectivity index (χ0v) is 56.7. The molecule has 0 aromatic carbocycles. The van der Waals surface area contributed by atoms with Crippen LogP contribution in [-0.2, 0) is 123 Å². The van der Waals surface area contributed by atoms with Gasteiger partial charge in [0.05, 0.1) is 32.1 Å². The van der Waals surface area contributed by atoms with E-state index < -0.39 is 174 Å². The molecule has 0 amide bonds. The lowest BCUT2D eigenvalue weighted by Crippen LogP contribution is -2.37. The highest BCUT2D eigenvalue weighted by atomic mass is 32.7. The van der Waals surface area contributed by atoms with Gasteiger partial charge in [-0.05, 0) is 42.3 Å². The second-order valence-electron chi connectivity index (χ2n) is 22.3. The summed E-state index contributed by atoms with van der Waals surface area (Å²) < 4.78 is 91.6. The third kappa shape index (κ3) is 11.9. The minimum Gasteiger partial charge on any atom is -0.387 e. The highest BCUT2D eigenvalue weighted by Crippen LogP contribution is 2.59. The molecule has 43 nitrogen and oxygen atoms in total. The molecule has 0 saturated carbocycles. The van der Waals surface area contributed by atoms with Gasteiger partial charge < -0.3 is 84.8 Å². The van der Waals surface area contributed by atoms with E-state index >= 15 is 0 Å². The highest BCUT2D eigenvalue weighted by molar-refractivity contribution is 8.44. The summed E-state index contributed by atoms with van der Waals surface area (Å²) in [7, 11) is 5.75. The van der Waals surface area contributed by atoms with E-state index in [1.165, 1.54) is 39.1 Å². The van der Waals surface area contributed by atoms with Gasteiger partial charge in [0.1, 0.15) is 121 Å². The molecule has 520 valence electrons. The first-order valence-corrected chi connectivity index (χ1v) is 38.5. The van der Waals surface area contributed by atoms with Gasteiger partial charge in [0.25, 0.3) is 0 Å². The van der Waals surface area contributed by atoms with Crippen molar-refractivity contribution in [3.8, 4) is 0 Å². The summed E-state index contributed by atoms with van der Waals surface area (Å²) in [5.41, 5.74) is 16.8. The van der Waals surface area contributed by atoms with Gasteiger partial charge in [0, 0.05) is 28.2 Å². The van der Waals surface area contributed by atoms with E-state index in [2.05, 4.69) is 52.1 Å². The van der Waals surface area contributed by atoms with E-state index in [1.54, 1.807) is 6.92 Å². The Kier molecular flexibility index (Phi) is 18.2. The molecular weight excluding hydrogens is 1440 g/mol. The number of imidazole rings is 4. The lowest BCUT2D eigenvalue weighted by Gasteiger charge is -2.28. The number of aryl methyl sites for hydroxylation is 5. The number of nitrogens with zero attached hydrogens (tertiary/aromatic N) is 16. The highest BCUT2D eigenvalue weighted by Gasteiger charge is 2.56. The summed E-state index contributed by atoms with van der Waals surface area (Å²) in [6.07, 6.45) is -19.5. The molecule has 8 aromatic rings. The van der Waals surface area contributed by atoms with Crippen LogP contribution in [0.3, 0.4) is 0 Å². The normalized spacial score (nSPS) is 36.1. The molecule has 8 aromatic heterocycles. The largest absolute Gasteiger partial charge is 0.387 e. The Bertz CT molecular complexity index is 4620. The molecule has 13 N–H and O–H groups in total. The van der Waals surface area contributed by atoms with Gasteiger partial charge in [0.15, 0.2) is 65.0 Å². The summed E-state index contributed by atoms with van der Waals surface area (Å²) >= 11 is 19.8. The number of nitrogens with two attached hydrogens (primary N) is 3. The number of aliphatic hydroxyl groups is 4. The van der Waals surface area contributed by atoms with Crippen molar-refractivity contribution in [1.29, 1.82) is 0 Å². The molecular formula is C45H57N19O24P4S4. The number of rotatable bonds is 4. The van der Waals surface area contributed by atoms with E-state index in [9.17, 15) is 58.8 Å². The summed E-state index contributed by atoms with van der Waals surface area (Å²) in [5.74, 6) is -0.0335. The quantitative estimate of drug-likeness (QED) is 0.0590. The van der Waals surface area contributed by atoms with Crippen LogP contribution in [0.5, 0.6) is 0 Å². The molecule has 20 atom stereocenters. The number of aliphatic hydroxyl groups excluding tert-OH is 4. The minimum atomic E-state index is -4.46. The van der Waals surface area contributed by atoms with Gasteiger partial charge in [-0.2, -0.15) is 0 Å². The SMILES string of the molecule is Cc1ncnc2c1n(C)c(=O)n2[C@@H]1O[C@@H]2COP(O)(=S)O[C@H]3[C@@H](O)[C@H](n4c(=O)n(C)c5c(N)ncnc54)O[C@@H]3COP(=O)(S)O[C@@H]1[C@@H]2O.Cn1c(=O)n([C@@H]2O[C@@H]3COP(O)(=S)O[C@@H]4[C@H](O)[C@@H](COP(O)(=S)O[C@H]3[C@H]2O)O[C@H]4n2c(=O)n(C)c3c(N)ncnc32)c2ncnc(N)c21. The summed E-state index contributed by atoms with van der Waals surface area (Å²) in [5, 5.41) is 45.3. The van der Waals surface area contributed by atoms with Crippen LogP contribution in [0.1, 0.15) is 30.6 Å². The number of ether oxygens (including phenoxy) is 4. The molecule has 4 unspecified atom stereocenters. The molecule has 6 fully saturated rings. The average Bonchev–Trinajstić information content (AvgIpc) is 1.61. The molecule has 51 heteroatoms. The van der Waals surface area contributed by atoms with Crippen LogP contribution < -0.4 is 40.0 Å². The van der Waals surface area contributed by atoms with Crippen LogP contribution in [0.15, 0.2) is 44.5 Å². The van der Waals surface area contributed by atoms with Crippen LogP contribution in [0.25, 0.3) is 44.7 Å². The third-order valence-corrected chi connectivity index (χ3v) is 22.9. The second kappa shape index (κ2) is 25.3. The molecule has 6 aliphatic rings. The Morgan fingerprint density at radius 1 is 0.438 bits per heavy atom. The molecule has 0 aliphatic carbocycles. The van der Waals surface area contributed by atoms with Gasteiger partial charge in [-0.15, -0.1) is 0 Å². The number of nitrogen functional groups attached to an aromatic ring is 3. The van der Waals surface area contributed by atoms with E-state index in [1.807, 2.05) is 0 Å². The van der Waals surface area contributed by atoms with Crippen molar-refractivity contribution in [1.82, 2.24) is 76.4 Å². The molecule has 14 rings (SSSR count). The van der Waals surface area contributed by atoms with Crippen molar-refractivity contribution >= 4 is 137 Å². The van der Waals surface area contributed by atoms with Crippen molar-refractivity contribution in [2.75, 3.05) is 43.6 Å². The molecule has 6 saturated heterocycles. The summed E-state index contributed by atoms with van der Waals surface area (Å²) in [6.45, 7) is -18.3. The van der Waals surface area contributed by atoms with E-state index in [-0.39, 0.29) is 56.6 Å². The van der Waals surface area contributed by atoms with Crippen LogP contribution in [0.4, 0.5) is 17.5 Å². The zero-order valence-electron chi connectivity index (χ0n) is 49.8. The third-order valence-electron chi connectivity index (χ3n) is 16.6. The first-order chi connectivity index (χ1) is 45.2. The number of aromatic nitrogens is 16. The van der Waals surface area contributed by atoms with Crippen molar-refractivity contribution < 1.29 is 94.8 Å². The molecule has 4 bridgehead atoms. The van der Waals surface area contributed by atoms with Crippen molar-refractivity contribution in [3.63, 3.8) is 0 Å². The lowest BCUT2D eigenvalue weighted by molar-refractivity contribution is -0.0620. The van der Waals surface area contributed by atoms with E-state index in [0.29, 0.717) is 11.2 Å². The van der Waals surface area contributed by atoms with Gasteiger partial charge in [-0.25, -0.2) is 81.9 Å². The Balaban J connectivity index is 0.000000174. The van der Waals surface area contributed by atoms with Crippen molar-refractivity contribution in [3.05, 3.63) is 72.9 Å².